The molecule has 0 saturated heterocycles. The number of nitrogens with one attached hydrogen (secondary N) is 2. The third kappa shape index (κ3) is 6.73. The van der Waals surface area contributed by atoms with Crippen molar-refractivity contribution in [3.05, 3.63) is 48.2 Å². The zero-order valence-electron chi connectivity index (χ0n) is 13.9. The van der Waals surface area contributed by atoms with Crippen LogP contribution in [-0.2, 0) is 14.8 Å². The Kier molecular flexibility index (Phi) is 6.80. The highest BCUT2D eigenvalue weighted by molar-refractivity contribution is 7.99. The topological polar surface area (TPSA) is 97.4 Å². The molecule has 2 aromatic rings. The molecule has 9 heteroatoms. The van der Waals surface area contributed by atoms with E-state index in [0.717, 1.165) is 16.2 Å². The number of benzene rings is 1. The van der Waals surface area contributed by atoms with Crippen molar-refractivity contribution in [3.8, 4) is 0 Å². The molecule has 1 aromatic heterocycles. The fourth-order valence-corrected chi connectivity index (χ4v) is 3.19. The lowest BCUT2D eigenvalue weighted by atomic mass is 10.3. The zero-order valence-corrected chi connectivity index (χ0v) is 15.5. The van der Waals surface area contributed by atoms with Crippen LogP contribution < -0.4 is 10.0 Å². The Balaban J connectivity index is 1.95. The van der Waals surface area contributed by atoms with Crippen molar-refractivity contribution in [1.82, 2.24) is 10.3 Å². The van der Waals surface area contributed by atoms with Gasteiger partial charge in [0.05, 0.1) is 18.4 Å². The SMILES string of the molecule is COCCNC(=O)c1ccc(Sc2ccc(NS(C)(=O)=O)cc2)nc1. The minimum atomic E-state index is -3.29. The van der Waals surface area contributed by atoms with Crippen molar-refractivity contribution in [2.75, 3.05) is 31.2 Å². The van der Waals surface area contributed by atoms with Crippen molar-refractivity contribution in [2.45, 2.75) is 9.92 Å². The number of anilines is 1. The highest BCUT2D eigenvalue weighted by atomic mass is 32.2. The lowest BCUT2D eigenvalue weighted by molar-refractivity contribution is 0.0936. The second-order valence-electron chi connectivity index (χ2n) is 5.13. The number of sulfonamides is 1. The molecule has 0 atom stereocenters. The van der Waals surface area contributed by atoms with E-state index in [1.165, 1.54) is 18.0 Å². The standard InChI is InChI=1S/C16H19N3O4S2/c1-23-10-9-17-16(20)12-3-8-15(18-11-12)24-14-6-4-13(5-7-14)19-25(2,21)22/h3-8,11,19H,9-10H2,1-2H3,(H,17,20). The van der Waals surface area contributed by atoms with Gasteiger partial charge in [0.15, 0.2) is 0 Å². The molecule has 0 bridgehead atoms. The number of pyridine rings is 1. The summed E-state index contributed by atoms with van der Waals surface area (Å²) in [7, 11) is -1.71. The Bertz CT molecular complexity index is 806. The molecular weight excluding hydrogens is 362 g/mol. The van der Waals surface area contributed by atoms with E-state index in [1.54, 1.807) is 43.5 Å². The third-order valence-electron chi connectivity index (χ3n) is 2.97. The number of aromatic nitrogens is 1. The Labute approximate surface area is 151 Å². The number of rotatable bonds is 8. The van der Waals surface area contributed by atoms with Gasteiger partial charge in [-0.25, -0.2) is 13.4 Å². The van der Waals surface area contributed by atoms with Crippen LogP contribution in [0.25, 0.3) is 0 Å². The number of amides is 1. The van der Waals surface area contributed by atoms with Gasteiger partial charge in [-0.15, -0.1) is 0 Å². The van der Waals surface area contributed by atoms with Gasteiger partial charge in [0.25, 0.3) is 5.91 Å². The highest BCUT2D eigenvalue weighted by Gasteiger charge is 2.07. The van der Waals surface area contributed by atoms with E-state index in [2.05, 4.69) is 15.0 Å². The maximum atomic E-state index is 11.9. The molecule has 0 unspecified atom stereocenters. The van der Waals surface area contributed by atoms with E-state index < -0.39 is 10.0 Å². The average Bonchev–Trinajstić information content (AvgIpc) is 2.56. The summed E-state index contributed by atoms with van der Waals surface area (Å²) in [6.45, 7) is 0.900. The molecule has 1 heterocycles. The first-order chi connectivity index (χ1) is 11.9. The second kappa shape index (κ2) is 8.84. The van der Waals surface area contributed by atoms with Gasteiger partial charge in [0.2, 0.25) is 10.0 Å². The Hall–Kier alpha value is -2.10. The van der Waals surface area contributed by atoms with Crippen LogP contribution in [0.1, 0.15) is 10.4 Å². The van der Waals surface area contributed by atoms with E-state index in [-0.39, 0.29) is 5.91 Å². The minimum absolute atomic E-state index is 0.197. The molecule has 0 aliphatic carbocycles. The quantitative estimate of drug-likeness (QED) is 0.679. The fraction of sp³-hybridized carbons (Fsp3) is 0.250. The maximum Gasteiger partial charge on any atom is 0.252 e. The van der Waals surface area contributed by atoms with E-state index >= 15 is 0 Å². The summed E-state index contributed by atoms with van der Waals surface area (Å²) in [5.74, 6) is -0.197. The van der Waals surface area contributed by atoms with Crippen molar-refractivity contribution < 1.29 is 17.9 Å². The number of ether oxygens (including phenoxy) is 1. The molecule has 0 saturated carbocycles. The first kappa shape index (κ1) is 19.2. The van der Waals surface area contributed by atoms with Gasteiger partial charge < -0.3 is 10.1 Å². The van der Waals surface area contributed by atoms with Crippen LogP contribution in [0.5, 0.6) is 0 Å². The van der Waals surface area contributed by atoms with E-state index in [9.17, 15) is 13.2 Å². The second-order valence-corrected chi connectivity index (χ2v) is 7.98. The monoisotopic (exact) mass is 381 g/mol. The van der Waals surface area contributed by atoms with Crippen molar-refractivity contribution in [2.24, 2.45) is 0 Å². The molecule has 1 amide bonds. The summed E-state index contributed by atoms with van der Waals surface area (Å²) in [6.07, 6.45) is 2.62. The zero-order chi connectivity index (χ0) is 18.3. The minimum Gasteiger partial charge on any atom is -0.383 e. The predicted octanol–water partition coefficient (Wildman–Crippen LogP) is 1.98. The fourth-order valence-electron chi connectivity index (χ4n) is 1.87. The summed E-state index contributed by atoms with van der Waals surface area (Å²) in [5, 5.41) is 3.46. The van der Waals surface area contributed by atoms with Crippen LogP contribution in [0.4, 0.5) is 5.69 Å². The van der Waals surface area contributed by atoms with Crippen LogP contribution >= 0.6 is 11.8 Å². The summed E-state index contributed by atoms with van der Waals surface area (Å²) >= 11 is 1.42. The van der Waals surface area contributed by atoms with Crippen LogP contribution in [0.2, 0.25) is 0 Å². The summed E-state index contributed by atoms with van der Waals surface area (Å²) in [6, 6.07) is 10.4. The van der Waals surface area contributed by atoms with Crippen LogP contribution in [0.3, 0.4) is 0 Å². The molecule has 2 N–H and O–H groups in total. The van der Waals surface area contributed by atoms with Gasteiger partial charge in [-0.1, -0.05) is 11.8 Å². The normalized spacial score (nSPS) is 11.1. The molecule has 1 aromatic carbocycles. The summed E-state index contributed by atoms with van der Waals surface area (Å²) in [4.78, 5) is 17.0. The van der Waals surface area contributed by atoms with Gasteiger partial charge in [-0.05, 0) is 36.4 Å². The number of hydrogen-bond acceptors (Lipinski definition) is 6. The van der Waals surface area contributed by atoms with Gasteiger partial charge >= 0.3 is 0 Å². The van der Waals surface area contributed by atoms with Gasteiger partial charge in [0, 0.05) is 30.4 Å². The van der Waals surface area contributed by atoms with Gasteiger partial charge in [-0.2, -0.15) is 0 Å². The number of hydrogen-bond donors (Lipinski definition) is 2. The van der Waals surface area contributed by atoms with Crippen molar-refractivity contribution in [1.29, 1.82) is 0 Å². The molecule has 7 nitrogen and oxygen atoms in total. The van der Waals surface area contributed by atoms with Crippen LogP contribution in [0, 0.1) is 0 Å². The highest BCUT2D eigenvalue weighted by Crippen LogP contribution is 2.27. The number of methoxy groups -OCH3 is 1. The summed E-state index contributed by atoms with van der Waals surface area (Å²) in [5.41, 5.74) is 0.982. The first-order valence-corrected chi connectivity index (χ1v) is 10.1. The first-order valence-electron chi connectivity index (χ1n) is 7.36. The van der Waals surface area contributed by atoms with Crippen LogP contribution in [-0.4, -0.2) is 45.8 Å². The van der Waals surface area contributed by atoms with Gasteiger partial charge in [0.1, 0.15) is 5.03 Å². The predicted molar refractivity (Wildman–Crippen MR) is 97.5 cm³/mol. The molecular formula is C16H19N3O4S2. The smallest absolute Gasteiger partial charge is 0.252 e. The molecule has 134 valence electrons. The number of carbonyl (C=O) groups is 1. The maximum absolute atomic E-state index is 11.9. The van der Waals surface area contributed by atoms with E-state index in [0.29, 0.717) is 24.4 Å². The Morgan fingerprint density at radius 1 is 1.20 bits per heavy atom. The molecule has 0 fully saturated rings. The lowest BCUT2D eigenvalue weighted by Crippen LogP contribution is -2.26. The van der Waals surface area contributed by atoms with E-state index in [4.69, 9.17) is 4.74 Å². The third-order valence-corrected chi connectivity index (χ3v) is 4.54. The average molecular weight is 381 g/mol. The lowest BCUT2D eigenvalue weighted by Gasteiger charge is -2.06. The molecule has 25 heavy (non-hydrogen) atoms. The van der Waals surface area contributed by atoms with Crippen molar-refractivity contribution >= 4 is 33.4 Å². The summed E-state index contributed by atoms with van der Waals surface area (Å²) < 4.78 is 29.6. The largest absolute Gasteiger partial charge is 0.383 e. The van der Waals surface area contributed by atoms with Crippen molar-refractivity contribution in [3.63, 3.8) is 0 Å². The Morgan fingerprint density at radius 3 is 2.48 bits per heavy atom. The molecule has 2 rings (SSSR count). The molecule has 0 aliphatic rings. The Morgan fingerprint density at radius 2 is 1.92 bits per heavy atom. The molecule has 0 spiro atoms. The number of nitrogens with zero attached hydrogens (tertiary/aromatic N) is 1. The van der Waals surface area contributed by atoms with E-state index in [1.807, 2.05) is 0 Å². The molecule has 0 aliphatic heterocycles. The number of carbonyl (C=O) groups excluding carboxylic acids is 1. The van der Waals surface area contributed by atoms with Crippen LogP contribution in [0.15, 0.2) is 52.5 Å². The van der Waals surface area contributed by atoms with Gasteiger partial charge in [-0.3, -0.25) is 9.52 Å². The molecule has 0 radical (unpaired) electrons.